The summed E-state index contributed by atoms with van der Waals surface area (Å²) in [6, 6.07) is 0. The van der Waals surface area contributed by atoms with E-state index in [4.69, 9.17) is 5.11 Å². The van der Waals surface area contributed by atoms with E-state index >= 15 is 0 Å². The highest BCUT2D eigenvalue weighted by Crippen LogP contribution is 1.71. The summed E-state index contributed by atoms with van der Waals surface area (Å²) in [6.45, 7) is 2.61. The Labute approximate surface area is 43.3 Å². The molecular formula is C4H11NO2. The highest BCUT2D eigenvalue weighted by atomic mass is 16.6. The lowest BCUT2D eigenvalue weighted by Gasteiger charge is -2.06. The van der Waals surface area contributed by atoms with Crippen molar-refractivity contribution in [3.8, 4) is 0 Å². The summed E-state index contributed by atoms with van der Waals surface area (Å²) in [5.41, 5.74) is 0. The molecule has 2 N–H and O–H groups in total. The van der Waals surface area contributed by atoms with Crippen LogP contribution in [0, 0.1) is 0 Å². The average molecular weight is 105 g/mol. The summed E-state index contributed by atoms with van der Waals surface area (Å²) in [5, 5.41) is 11.2. The third kappa shape index (κ3) is 3.72. The zero-order valence-corrected chi connectivity index (χ0v) is 4.64. The quantitative estimate of drug-likeness (QED) is 0.476. The van der Waals surface area contributed by atoms with Gasteiger partial charge >= 0.3 is 0 Å². The number of methoxy groups -OCH3 is 1. The molecule has 7 heavy (non-hydrogen) atoms. The van der Waals surface area contributed by atoms with Crippen molar-refractivity contribution in [1.82, 2.24) is 5.32 Å². The lowest BCUT2D eigenvalue weighted by Crippen LogP contribution is -2.29. The molecular weight excluding hydrogens is 94.0 g/mol. The predicted octanol–water partition coefficient (Wildman–Crippen LogP) is -0.482. The van der Waals surface area contributed by atoms with Gasteiger partial charge in [-0.3, -0.25) is 5.32 Å². The molecule has 0 aromatic rings. The van der Waals surface area contributed by atoms with Crippen LogP contribution in [0.2, 0.25) is 0 Å². The Bertz CT molecular complexity index is 40.7. The van der Waals surface area contributed by atoms with Gasteiger partial charge in [0, 0.05) is 7.11 Å². The van der Waals surface area contributed by atoms with Gasteiger partial charge in [-0.1, -0.05) is 6.92 Å². The van der Waals surface area contributed by atoms with Crippen molar-refractivity contribution in [2.75, 3.05) is 13.7 Å². The van der Waals surface area contributed by atoms with Crippen LogP contribution in [0.15, 0.2) is 0 Å². The molecule has 0 aliphatic carbocycles. The Balaban J connectivity index is 2.83. The minimum atomic E-state index is -0.801. The van der Waals surface area contributed by atoms with E-state index in [1.54, 1.807) is 0 Å². The smallest absolute Gasteiger partial charge is 0.213 e. The first-order chi connectivity index (χ1) is 3.31. The molecule has 0 saturated carbocycles. The maximum absolute atomic E-state index is 8.52. The molecule has 1 unspecified atom stereocenters. The normalized spacial score (nSPS) is 14.1. The molecule has 0 saturated heterocycles. The number of hydrogen-bond donors (Lipinski definition) is 2. The van der Waals surface area contributed by atoms with Crippen molar-refractivity contribution in [3.05, 3.63) is 0 Å². The van der Waals surface area contributed by atoms with Crippen LogP contribution in [-0.2, 0) is 4.74 Å². The zero-order valence-electron chi connectivity index (χ0n) is 4.64. The van der Waals surface area contributed by atoms with Crippen LogP contribution >= 0.6 is 0 Å². The third-order valence-corrected chi connectivity index (χ3v) is 0.602. The maximum atomic E-state index is 8.52. The average Bonchev–Trinajstić information content (AvgIpc) is 1.68. The standard InChI is InChI=1S/C4H11NO2/c1-3-5-4(6)7-2/h4-6H,3H2,1-2H3. The molecule has 0 radical (unpaired) electrons. The Morgan fingerprint density at radius 3 is 2.57 bits per heavy atom. The fourth-order valence-corrected chi connectivity index (χ4v) is 0.258. The summed E-state index contributed by atoms with van der Waals surface area (Å²) < 4.78 is 4.44. The van der Waals surface area contributed by atoms with Crippen LogP contribution in [0.3, 0.4) is 0 Å². The van der Waals surface area contributed by atoms with Gasteiger partial charge in [0.15, 0.2) is 0 Å². The highest BCUT2D eigenvalue weighted by molar-refractivity contribution is 4.30. The van der Waals surface area contributed by atoms with E-state index in [0.29, 0.717) is 0 Å². The first-order valence-electron chi connectivity index (χ1n) is 2.25. The second-order valence-electron chi connectivity index (χ2n) is 1.15. The number of hydrogen-bond acceptors (Lipinski definition) is 3. The topological polar surface area (TPSA) is 41.5 Å². The van der Waals surface area contributed by atoms with Crippen molar-refractivity contribution in [3.63, 3.8) is 0 Å². The Kier molecular flexibility index (Phi) is 3.98. The lowest BCUT2D eigenvalue weighted by molar-refractivity contribution is -0.0954. The maximum Gasteiger partial charge on any atom is 0.213 e. The number of aliphatic hydroxyl groups is 1. The molecule has 3 nitrogen and oxygen atoms in total. The van der Waals surface area contributed by atoms with E-state index in [-0.39, 0.29) is 0 Å². The van der Waals surface area contributed by atoms with Gasteiger partial charge in [-0.15, -0.1) is 0 Å². The molecule has 0 heterocycles. The third-order valence-electron chi connectivity index (χ3n) is 0.602. The van der Waals surface area contributed by atoms with Gasteiger partial charge in [0.25, 0.3) is 0 Å². The van der Waals surface area contributed by atoms with Crippen LogP contribution in [0.25, 0.3) is 0 Å². The van der Waals surface area contributed by atoms with E-state index in [1.807, 2.05) is 6.92 Å². The van der Waals surface area contributed by atoms with Crippen LogP contribution in [-0.4, -0.2) is 25.2 Å². The van der Waals surface area contributed by atoms with Crippen LogP contribution in [0.1, 0.15) is 6.92 Å². The Hall–Kier alpha value is -0.120. The SMILES string of the molecule is CCNC(O)OC. The van der Waals surface area contributed by atoms with E-state index < -0.39 is 6.41 Å². The molecule has 0 spiro atoms. The summed E-state index contributed by atoms with van der Waals surface area (Å²) in [7, 11) is 1.44. The van der Waals surface area contributed by atoms with Crippen molar-refractivity contribution in [2.24, 2.45) is 0 Å². The number of aliphatic hydroxyl groups excluding tert-OH is 1. The van der Waals surface area contributed by atoms with E-state index in [0.717, 1.165) is 6.54 Å². The van der Waals surface area contributed by atoms with Gasteiger partial charge in [-0.2, -0.15) is 0 Å². The van der Waals surface area contributed by atoms with Gasteiger partial charge in [0.1, 0.15) is 0 Å². The van der Waals surface area contributed by atoms with Crippen molar-refractivity contribution in [2.45, 2.75) is 13.3 Å². The van der Waals surface area contributed by atoms with E-state index in [9.17, 15) is 0 Å². The minimum absolute atomic E-state index is 0.717. The Morgan fingerprint density at radius 2 is 2.43 bits per heavy atom. The Morgan fingerprint density at radius 1 is 1.86 bits per heavy atom. The lowest BCUT2D eigenvalue weighted by atomic mass is 10.7. The fourth-order valence-electron chi connectivity index (χ4n) is 0.258. The first kappa shape index (κ1) is 6.88. The highest BCUT2D eigenvalue weighted by Gasteiger charge is 1.92. The molecule has 0 aromatic heterocycles. The van der Waals surface area contributed by atoms with Gasteiger partial charge in [-0.05, 0) is 6.54 Å². The molecule has 44 valence electrons. The van der Waals surface area contributed by atoms with Crippen LogP contribution < -0.4 is 5.32 Å². The summed E-state index contributed by atoms with van der Waals surface area (Å²) in [6.07, 6.45) is -0.801. The van der Waals surface area contributed by atoms with Crippen molar-refractivity contribution < 1.29 is 9.84 Å². The largest absolute Gasteiger partial charge is 0.356 e. The summed E-state index contributed by atoms with van der Waals surface area (Å²) >= 11 is 0. The van der Waals surface area contributed by atoms with Crippen molar-refractivity contribution in [1.29, 1.82) is 0 Å². The van der Waals surface area contributed by atoms with Crippen molar-refractivity contribution >= 4 is 0 Å². The predicted molar refractivity (Wildman–Crippen MR) is 26.7 cm³/mol. The molecule has 0 fully saturated rings. The molecule has 0 aliphatic heterocycles. The molecule has 3 heteroatoms. The van der Waals surface area contributed by atoms with Gasteiger partial charge in [0.05, 0.1) is 0 Å². The number of nitrogens with one attached hydrogen (secondary N) is 1. The van der Waals surface area contributed by atoms with Crippen LogP contribution in [0.5, 0.6) is 0 Å². The molecule has 0 amide bonds. The van der Waals surface area contributed by atoms with Gasteiger partial charge < -0.3 is 9.84 Å². The molecule has 0 aliphatic rings. The molecule has 0 rings (SSSR count). The summed E-state index contributed by atoms with van der Waals surface area (Å²) in [4.78, 5) is 0. The van der Waals surface area contributed by atoms with Crippen LogP contribution in [0.4, 0.5) is 0 Å². The van der Waals surface area contributed by atoms with Gasteiger partial charge in [0.2, 0.25) is 6.41 Å². The number of rotatable bonds is 3. The first-order valence-corrected chi connectivity index (χ1v) is 2.25. The molecule has 0 aromatic carbocycles. The fraction of sp³-hybridized carbons (Fsp3) is 1.00. The van der Waals surface area contributed by atoms with Gasteiger partial charge in [-0.25, -0.2) is 0 Å². The molecule has 1 atom stereocenters. The zero-order chi connectivity index (χ0) is 5.70. The second-order valence-corrected chi connectivity index (χ2v) is 1.15. The second kappa shape index (κ2) is 4.05. The summed E-state index contributed by atoms with van der Waals surface area (Å²) in [5.74, 6) is 0. The van der Waals surface area contributed by atoms with E-state index in [2.05, 4.69) is 10.1 Å². The number of ether oxygens (including phenoxy) is 1. The van der Waals surface area contributed by atoms with E-state index in [1.165, 1.54) is 7.11 Å². The monoisotopic (exact) mass is 105 g/mol. The minimum Gasteiger partial charge on any atom is -0.356 e. The molecule has 0 bridgehead atoms.